The van der Waals surface area contributed by atoms with Gasteiger partial charge in [0.05, 0.1) is 12.0 Å². The third-order valence-corrected chi connectivity index (χ3v) is 5.28. The van der Waals surface area contributed by atoms with Crippen molar-refractivity contribution in [3.8, 4) is 5.75 Å². The highest BCUT2D eigenvalue weighted by molar-refractivity contribution is 7.91. The van der Waals surface area contributed by atoms with Crippen molar-refractivity contribution in [2.45, 2.75) is 22.8 Å². The van der Waals surface area contributed by atoms with Gasteiger partial charge in [-0.05, 0) is 25.1 Å². The summed E-state index contributed by atoms with van der Waals surface area (Å²) in [4.78, 5) is -0.331. The van der Waals surface area contributed by atoms with Crippen LogP contribution in [0.25, 0.3) is 0 Å². The largest absolute Gasteiger partial charge is 0.495 e. The van der Waals surface area contributed by atoms with Crippen LogP contribution in [0.3, 0.4) is 0 Å². The molecule has 3 N–H and O–H groups in total. The Labute approximate surface area is 119 Å². The summed E-state index contributed by atoms with van der Waals surface area (Å²) in [6.45, 7) is 1.72. The first-order valence-electron chi connectivity index (χ1n) is 5.72. The van der Waals surface area contributed by atoms with E-state index in [9.17, 15) is 16.8 Å². The molecule has 0 aliphatic heterocycles. The molecule has 0 unspecified atom stereocenters. The van der Waals surface area contributed by atoms with Gasteiger partial charge in [0, 0.05) is 18.8 Å². The van der Waals surface area contributed by atoms with Crippen LogP contribution in [-0.4, -0.2) is 42.8 Å². The second-order valence-corrected chi connectivity index (χ2v) is 8.04. The maximum absolute atomic E-state index is 12.2. The first-order valence-corrected chi connectivity index (χ1v) is 9.09. The molecule has 0 amide bonds. The normalized spacial score (nSPS) is 14.0. The lowest BCUT2D eigenvalue weighted by atomic mass is 10.3. The molecule has 0 aliphatic carbocycles. The number of hydrogen-bond acceptors (Lipinski definition) is 6. The average Bonchev–Trinajstić information content (AvgIpc) is 2.36. The molecule has 1 aromatic rings. The zero-order chi connectivity index (χ0) is 15.6. The van der Waals surface area contributed by atoms with E-state index in [2.05, 4.69) is 4.72 Å². The van der Waals surface area contributed by atoms with Crippen LogP contribution in [0.1, 0.15) is 6.92 Å². The molecule has 0 fully saturated rings. The fourth-order valence-electron chi connectivity index (χ4n) is 1.47. The Kier molecular flexibility index (Phi) is 5.14. The number of rotatable bonds is 6. The minimum absolute atomic E-state index is 0.0640. The molecule has 0 heterocycles. The van der Waals surface area contributed by atoms with Gasteiger partial charge in [0.2, 0.25) is 10.0 Å². The molecule has 0 spiro atoms. The summed E-state index contributed by atoms with van der Waals surface area (Å²) >= 11 is 0. The Bertz CT molecular complexity index is 683. The molecular formula is C11H18N2O5S2. The monoisotopic (exact) mass is 322 g/mol. The second-order valence-electron chi connectivity index (χ2n) is 4.34. The van der Waals surface area contributed by atoms with E-state index in [4.69, 9.17) is 10.5 Å². The molecular weight excluding hydrogens is 304 g/mol. The maximum atomic E-state index is 12.2. The first kappa shape index (κ1) is 16.9. The Morgan fingerprint density at radius 1 is 1.30 bits per heavy atom. The Hall–Kier alpha value is -1.16. The summed E-state index contributed by atoms with van der Waals surface area (Å²) in [7, 11) is -6.13. The maximum Gasteiger partial charge on any atom is 0.244 e. The van der Waals surface area contributed by atoms with Gasteiger partial charge >= 0.3 is 0 Å². The Balaban J connectivity index is 3.41. The topological polar surface area (TPSA) is 116 Å². The highest BCUT2D eigenvalue weighted by atomic mass is 32.2. The molecule has 1 rings (SSSR count). The molecule has 0 bridgehead atoms. The number of ether oxygens (including phenoxy) is 1. The van der Waals surface area contributed by atoms with Gasteiger partial charge in [-0.15, -0.1) is 0 Å². The van der Waals surface area contributed by atoms with Crippen LogP contribution in [0.15, 0.2) is 28.0 Å². The molecule has 0 saturated carbocycles. The Morgan fingerprint density at radius 2 is 1.90 bits per heavy atom. The van der Waals surface area contributed by atoms with Crippen molar-refractivity contribution in [1.82, 2.24) is 4.72 Å². The standard InChI is InChI=1S/C11H18N2O5S2/c1-8(7-12)13-20(16,17)11-6-9(19(3,14)15)4-5-10(11)18-2/h4-6,8,13H,7,12H2,1-3H3/t8-/m1/s1. The summed E-state index contributed by atoms with van der Waals surface area (Å²) in [5.41, 5.74) is 5.37. The van der Waals surface area contributed by atoms with Gasteiger partial charge in [-0.25, -0.2) is 21.6 Å². The highest BCUT2D eigenvalue weighted by Crippen LogP contribution is 2.26. The number of methoxy groups -OCH3 is 1. The molecule has 1 atom stereocenters. The van der Waals surface area contributed by atoms with Gasteiger partial charge in [0.25, 0.3) is 0 Å². The molecule has 20 heavy (non-hydrogen) atoms. The van der Waals surface area contributed by atoms with Crippen molar-refractivity contribution in [2.24, 2.45) is 5.73 Å². The predicted molar refractivity (Wildman–Crippen MR) is 74.9 cm³/mol. The summed E-state index contributed by atoms with van der Waals surface area (Å²) in [6.07, 6.45) is 1.00. The SMILES string of the molecule is COc1ccc(S(C)(=O)=O)cc1S(=O)(=O)N[C@H](C)CN. The minimum Gasteiger partial charge on any atom is -0.495 e. The zero-order valence-corrected chi connectivity index (χ0v) is 13.1. The van der Waals surface area contributed by atoms with Crippen LogP contribution >= 0.6 is 0 Å². The van der Waals surface area contributed by atoms with Crippen LogP contribution in [0, 0.1) is 0 Å². The van der Waals surface area contributed by atoms with E-state index in [1.165, 1.54) is 19.2 Å². The second kappa shape index (κ2) is 6.08. The molecule has 0 radical (unpaired) electrons. The van der Waals surface area contributed by atoms with E-state index in [-0.39, 0.29) is 22.1 Å². The number of nitrogens with one attached hydrogen (secondary N) is 1. The van der Waals surface area contributed by atoms with Crippen molar-refractivity contribution in [3.05, 3.63) is 18.2 Å². The lowest BCUT2D eigenvalue weighted by molar-refractivity contribution is 0.401. The van der Waals surface area contributed by atoms with Crippen molar-refractivity contribution in [1.29, 1.82) is 0 Å². The highest BCUT2D eigenvalue weighted by Gasteiger charge is 2.23. The third-order valence-electron chi connectivity index (χ3n) is 2.56. The first-order chi connectivity index (χ1) is 9.11. The fourth-order valence-corrected chi connectivity index (χ4v) is 3.65. The summed E-state index contributed by atoms with van der Waals surface area (Å²) < 4.78 is 54.8. The van der Waals surface area contributed by atoms with Crippen LogP contribution < -0.4 is 15.2 Å². The van der Waals surface area contributed by atoms with Gasteiger partial charge in [-0.3, -0.25) is 0 Å². The van der Waals surface area contributed by atoms with Gasteiger partial charge in [0.15, 0.2) is 9.84 Å². The van der Waals surface area contributed by atoms with Crippen molar-refractivity contribution >= 4 is 19.9 Å². The van der Waals surface area contributed by atoms with Crippen molar-refractivity contribution < 1.29 is 21.6 Å². The smallest absolute Gasteiger partial charge is 0.244 e. The number of benzene rings is 1. The third kappa shape index (κ3) is 3.92. The average molecular weight is 322 g/mol. The molecule has 1 aromatic carbocycles. The van der Waals surface area contributed by atoms with Gasteiger partial charge in [-0.2, -0.15) is 0 Å². The van der Waals surface area contributed by atoms with Crippen molar-refractivity contribution in [3.63, 3.8) is 0 Å². The number of sulfone groups is 1. The molecule has 0 saturated heterocycles. The number of sulfonamides is 1. The van der Waals surface area contributed by atoms with E-state index in [1.807, 2.05) is 0 Å². The molecule has 114 valence electrons. The molecule has 0 aliphatic rings. The number of hydrogen-bond donors (Lipinski definition) is 2. The van der Waals surface area contributed by atoms with Crippen LogP contribution in [0.4, 0.5) is 0 Å². The van der Waals surface area contributed by atoms with Crippen LogP contribution in [-0.2, 0) is 19.9 Å². The van der Waals surface area contributed by atoms with E-state index in [0.717, 1.165) is 12.3 Å². The van der Waals surface area contributed by atoms with E-state index >= 15 is 0 Å². The van der Waals surface area contributed by atoms with Gasteiger partial charge < -0.3 is 10.5 Å². The molecule has 0 aromatic heterocycles. The fraction of sp³-hybridized carbons (Fsp3) is 0.455. The Morgan fingerprint density at radius 3 is 2.35 bits per heavy atom. The van der Waals surface area contributed by atoms with Crippen LogP contribution in [0.5, 0.6) is 5.75 Å². The lowest BCUT2D eigenvalue weighted by Gasteiger charge is -2.15. The lowest BCUT2D eigenvalue weighted by Crippen LogP contribution is -2.37. The summed E-state index contributed by atoms with van der Waals surface area (Å²) in [5, 5.41) is 0. The molecule has 9 heteroatoms. The van der Waals surface area contributed by atoms with E-state index < -0.39 is 25.9 Å². The van der Waals surface area contributed by atoms with E-state index in [0.29, 0.717) is 0 Å². The van der Waals surface area contributed by atoms with Crippen LogP contribution in [0.2, 0.25) is 0 Å². The summed E-state index contributed by atoms with van der Waals surface area (Å²) in [6, 6.07) is 3.18. The molecule has 7 nitrogen and oxygen atoms in total. The van der Waals surface area contributed by atoms with Crippen molar-refractivity contribution in [2.75, 3.05) is 19.9 Å². The van der Waals surface area contributed by atoms with Gasteiger partial charge in [0.1, 0.15) is 10.6 Å². The summed E-state index contributed by atoms with van der Waals surface area (Å²) in [5.74, 6) is 0.0640. The minimum atomic E-state index is -3.92. The van der Waals surface area contributed by atoms with E-state index in [1.54, 1.807) is 6.92 Å². The predicted octanol–water partition coefficient (Wildman–Crippen LogP) is -0.276. The van der Waals surface area contributed by atoms with Gasteiger partial charge in [-0.1, -0.05) is 0 Å². The zero-order valence-electron chi connectivity index (χ0n) is 11.5. The quantitative estimate of drug-likeness (QED) is 0.744. The number of nitrogens with two attached hydrogens (primary N) is 1.